The molecule has 3 aromatic heterocycles. The first-order valence-corrected chi connectivity index (χ1v) is 21.7. The van der Waals surface area contributed by atoms with Gasteiger partial charge in [-0.3, -0.25) is 9.59 Å². The van der Waals surface area contributed by atoms with E-state index < -0.39 is 19.6 Å². The highest BCUT2D eigenvalue weighted by molar-refractivity contribution is 7.49. The molecule has 0 aliphatic rings. The lowest BCUT2D eigenvalue weighted by molar-refractivity contribution is -0.152. The van der Waals surface area contributed by atoms with Crippen LogP contribution in [0.25, 0.3) is 0 Å². The Labute approximate surface area is 386 Å². The number of allylic oxidation sites excluding steroid dienone is 2. The number of ether oxygens (including phenoxy) is 6. The smallest absolute Gasteiger partial charge is 0.330 e. The fraction of sp³-hybridized carbons (Fsp3) is 0.383. The van der Waals surface area contributed by atoms with Crippen molar-refractivity contribution in [1.29, 1.82) is 0 Å². The van der Waals surface area contributed by atoms with E-state index in [1.165, 1.54) is 33.7 Å². The number of nitrogens with zero attached hydrogens (tertiary/aromatic N) is 3. The monoisotopic (exact) mass is 937 g/mol. The van der Waals surface area contributed by atoms with Gasteiger partial charge in [-0.2, -0.15) is 0 Å². The third-order valence-electron chi connectivity index (χ3n) is 7.71. The number of esters is 2. The number of benzene rings is 2. The molecule has 66 heavy (non-hydrogen) atoms. The number of rotatable bonds is 18. The minimum absolute atomic E-state index is 0.0219. The lowest BCUT2D eigenvalue weighted by Crippen LogP contribution is -2.26. The normalized spacial score (nSPS) is 12.4. The maximum absolute atomic E-state index is 12.1. The number of carbonyl (C=O) groups is 4. The van der Waals surface area contributed by atoms with Gasteiger partial charge >= 0.3 is 20.3 Å². The molecule has 0 fully saturated rings. The molecule has 18 nitrogen and oxygen atoms in total. The van der Waals surface area contributed by atoms with Gasteiger partial charge in [0.25, 0.3) is 24.1 Å². The second kappa shape index (κ2) is 28.8. The summed E-state index contributed by atoms with van der Waals surface area (Å²) in [5.41, 5.74) is -1.02. The highest BCUT2D eigenvalue weighted by Crippen LogP contribution is 2.40. The van der Waals surface area contributed by atoms with E-state index >= 15 is 0 Å². The summed E-state index contributed by atoms with van der Waals surface area (Å²) in [7, 11) is 3.04. The minimum Gasteiger partial charge on any atom is -0.479 e. The number of carbonyl (C=O) groups excluding carboxylic acids is 4. The van der Waals surface area contributed by atoms with Gasteiger partial charge in [0.15, 0.2) is 5.76 Å². The number of hydrogen-bond donors (Lipinski definition) is 0. The van der Waals surface area contributed by atoms with Crippen LogP contribution in [0.1, 0.15) is 97.3 Å². The molecule has 0 N–H and O–H groups in total. The molecule has 5 aromatic rings. The quantitative estimate of drug-likeness (QED) is 0.0199. The van der Waals surface area contributed by atoms with Gasteiger partial charge in [-0.1, -0.05) is 56.3 Å². The lowest BCUT2D eigenvalue weighted by atomic mass is 10.1. The largest absolute Gasteiger partial charge is 0.479 e. The number of aromatic nitrogens is 3. The summed E-state index contributed by atoms with van der Waals surface area (Å²) in [5, 5.41) is 10.9. The zero-order valence-corrected chi connectivity index (χ0v) is 40.2. The van der Waals surface area contributed by atoms with Crippen LogP contribution >= 0.6 is 8.38 Å². The third-order valence-corrected chi connectivity index (χ3v) is 9.05. The van der Waals surface area contributed by atoms with Crippen molar-refractivity contribution >= 4 is 33.1 Å². The van der Waals surface area contributed by atoms with Crippen molar-refractivity contribution in [1.82, 2.24) is 15.5 Å². The average molecular weight is 938 g/mol. The van der Waals surface area contributed by atoms with E-state index in [1.54, 1.807) is 37.3 Å². The van der Waals surface area contributed by atoms with Crippen LogP contribution < -0.4 is 23.3 Å². The maximum atomic E-state index is 12.1. The van der Waals surface area contributed by atoms with E-state index in [0.29, 0.717) is 52.9 Å². The van der Waals surface area contributed by atoms with Crippen LogP contribution in [0, 0.1) is 0 Å². The standard InChI is InChI=1S/C18H21O4P.C13H19NO4.C9H11NO4.C7H9NO3/c1-18(2,3)20-17(19)14-23(21-15-10-6-4-7-11-15)22-16-12-8-5-9-13-16;1-9(10-8-11(16-5)14-18-10)6-7-12(15)17-13(2,3)4;1-7(3-4-13-6-11)8-5-9(12-2)10-14-8;1-5(4-9)6-3-7(10-2)8-11-6/h4-13H,14H2,1-3H3;6-9H,1-5H3;3-7H,1-2H3;3-5H,1-2H3/b;7-6-;4-3-;. The molecule has 0 saturated heterocycles. The molecule has 0 aliphatic carbocycles. The molecule has 358 valence electrons. The predicted octanol–water partition coefficient (Wildman–Crippen LogP) is 9.94. The van der Waals surface area contributed by atoms with Crippen molar-refractivity contribution in [2.45, 2.75) is 91.3 Å². The van der Waals surface area contributed by atoms with Crippen LogP contribution in [0.4, 0.5) is 0 Å². The molecule has 2 aromatic carbocycles. The zero-order valence-electron chi connectivity index (χ0n) is 39.3. The molecule has 0 spiro atoms. The van der Waals surface area contributed by atoms with Gasteiger partial charge in [0.2, 0.25) is 0 Å². The van der Waals surface area contributed by atoms with Crippen LogP contribution in [-0.4, -0.2) is 78.9 Å². The first-order valence-electron chi connectivity index (χ1n) is 20.4. The van der Waals surface area contributed by atoms with Crippen LogP contribution in [0.2, 0.25) is 0 Å². The molecular weight excluding hydrogens is 877 g/mol. The first-order chi connectivity index (χ1) is 31.3. The SMILES string of the molecule is CC(C)(C)OC(=O)CP(Oc1ccccc1)Oc1ccccc1.COc1cc(C(C)/C=C\C(=O)OC(C)(C)C)on1.COc1cc(C(C)/C=C\OC=O)on1.COc1cc(C(C)C=O)on1. The zero-order chi connectivity index (χ0) is 49.1. The van der Waals surface area contributed by atoms with Crippen LogP contribution in [0.15, 0.2) is 117 Å². The van der Waals surface area contributed by atoms with Gasteiger partial charge in [0.1, 0.15) is 46.7 Å². The number of para-hydroxylation sites is 2. The Bertz CT molecular complexity index is 2170. The summed E-state index contributed by atoms with van der Waals surface area (Å²) in [6.07, 6.45) is 6.93. The summed E-state index contributed by atoms with van der Waals surface area (Å²) in [5.74, 6) is 3.31. The van der Waals surface area contributed by atoms with Gasteiger partial charge < -0.3 is 55.8 Å². The van der Waals surface area contributed by atoms with Gasteiger partial charge in [0.05, 0.1) is 33.5 Å². The molecule has 19 heteroatoms. The van der Waals surface area contributed by atoms with Crippen molar-refractivity contribution in [3.05, 3.63) is 121 Å². The summed E-state index contributed by atoms with van der Waals surface area (Å²) in [4.78, 5) is 43.7. The molecule has 5 rings (SSSR count). The van der Waals surface area contributed by atoms with Crippen LogP contribution in [-0.2, 0) is 33.4 Å². The Morgan fingerprint density at radius 2 is 1.03 bits per heavy atom. The van der Waals surface area contributed by atoms with Crippen molar-refractivity contribution in [2.24, 2.45) is 0 Å². The van der Waals surface area contributed by atoms with E-state index in [-0.39, 0.29) is 35.9 Å². The van der Waals surface area contributed by atoms with Gasteiger partial charge in [-0.25, -0.2) is 4.79 Å². The first kappa shape index (κ1) is 55.2. The van der Waals surface area contributed by atoms with Gasteiger partial charge in [0, 0.05) is 36.1 Å². The minimum atomic E-state index is -1.48. The fourth-order valence-corrected chi connectivity index (χ4v) is 5.67. The van der Waals surface area contributed by atoms with E-state index in [1.807, 2.05) is 116 Å². The molecular formula is C47H60N3O15P. The molecule has 0 saturated carbocycles. The molecule has 0 radical (unpaired) electrons. The lowest BCUT2D eigenvalue weighted by Gasteiger charge is -2.22. The number of hydrogen-bond acceptors (Lipinski definition) is 18. The third kappa shape index (κ3) is 23.1. The van der Waals surface area contributed by atoms with Crippen LogP contribution in [0.3, 0.4) is 0 Å². The van der Waals surface area contributed by atoms with E-state index in [4.69, 9.17) is 46.3 Å². The maximum Gasteiger partial charge on any atom is 0.330 e. The highest BCUT2D eigenvalue weighted by Gasteiger charge is 2.25. The summed E-state index contributed by atoms with van der Waals surface area (Å²) in [6, 6.07) is 23.6. The molecule has 3 atom stereocenters. The Balaban J connectivity index is 0.000000313. The Morgan fingerprint density at radius 3 is 1.39 bits per heavy atom. The van der Waals surface area contributed by atoms with Crippen molar-refractivity contribution < 1.29 is 70.2 Å². The average Bonchev–Trinajstić information content (AvgIpc) is 4.08. The molecule has 0 bridgehead atoms. The van der Waals surface area contributed by atoms with Crippen molar-refractivity contribution in [3.8, 4) is 29.1 Å². The highest BCUT2D eigenvalue weighted by atomic mass is 31.2. The van der Waals surface area contributed by atoms with Gasteiger partial charge in [-0.15, -0.1) is 0 Å². The Hall–Kier alpha value is -6.94. The molecule has 3 unspecified atom stereocenters. The second-order valence-electron chi connectivity index (χ2n) is 15.7. The summed E-state index contributed by atoms with van der Waals surface area (Å²) < 4.78 is 56.0. The van der Waals surface area contributed by atoms with E-state index in [2.05, 4.69) is 20.2 Å². The van der Waals surface area contributed by atoms with Crippen LogP contribution in [0.5, 0.6) is 29.1 Å². The predicted molar refractivity (Wildman–Crippen MR) is 244 cm³/mol. The fourth-order valence-electron chi connectivity index (χ4n) is 4.52. The number of aldehydes is 1. The summed E-state index contributed by atoms with van der Waals surface area (Å²) in [6.45, 7) is 16.8. The topological polar surface area (TPSA) is 220 Å². The summed E-state index contributed by atoms with van der Waals surface area (Å²) >= 11 is 0. The van der Waals surface area contributed by atoms with Crippen molar-refractivity contribution in [3.63, 3.8) is 0 Å². The Morgan fingerprint density at radius 1 is 0.621 bits per heavy atom. The van der Waals surface area contributed by atoms with Gasteiger partial charge in [-0.05, 0) is 94.3 Å². The molecule has 0 aliphatic heterocycles. The van der Waals surface area contributed by atoms with E-state index in [0.717, 1.165) is 6.29 Å². The molecule has 3 heterocycles. The number of methoxy groups -OCH3 is 3. The molecule has 0 amide bonds. The van der Waals surface area contributed by atoms with E-state index in [9.17, 15) is 19.2 Å². The second-order valence-corrected chi connectivity index (χ2v) is 17.0. The van der Waals surface area contributed by atoms with Crippen molar-refractivity contribution in [2.75, 3.05) is 27.5 Å². The Kier molecular flexibility index (Phi) is 24.1.